The first-order valence-electron chi connectivity index (χ1n) is 4.12. The molecule has 3 N–H and O–H groups in total. The molecule has 0 amide bonds. The molecule has 3 heteroatoms. The summed E-state index contributed by atoms with van der Waals surface area (Å²) in [4.78, 5) is 0. The van der Waals surface area contributed by atoms with Gasteiger partial charge in [0.15, 0.2) is 0 Å². The zero-order valence-corrected chi connectivity index (χ0v) is 7.86. The van der Waals surface area contributed by atoms with Crippen LogP contribution in [0.25, 0.3) is 0 Å². The summed E-state index contributed by atoms with van der Waals surface area (Å²) in [5.74, 6) is 0.334. The second-order valence-electron chi connectivity index (χ2n) is 3.56. The fourth-order valence-electron chi connectivity index (χ4n) is 1.69. The smallest absolute Gasteiger partial charge is 0.113 e. The third-order valence-electron chi connectivity index (χ3n) is 2.43. The molecule has 1 atom stereocenters. The van der Waals surface area contributed by atoms with E-state index >= 15 is 0 Å². The molecule has 1 fully saturated rings. The summed E-state index contributed by atoms with van der Waals surface area (Å²) >= 11 is 0. The molecule has 0 saturated heterocycles. The molecule has 1 aliphatic rings. The Labute approximate surface area is 74.6 Å². The molecule has 1 saturated carbocycles. The van der Waals surface area contributed by atoms with Crippen molar-refractivity contribution in [1.82, 2.24) is 0 Å². The molecule has 1 aliphatic carbocycles. The monoisotopic (exact) mass is 179 g/mol. The quantitative estimate of drug-likeness (QED) is 0.602. The van der Waals surface area contributed by atoms with Gasteiger partial charge in [0.05, 0.1) is 0 Å². The van der Waals surface area contributed by atoms with Crippen LogP contribution in [0.1, 0.15) is 39.0 Å². The Balaban J connectivity index is 0.000001000. The lowest BCUT2D eigenvalue weighted by molar-refractivity contribution is -0.0106. The summed E-state index contributed by atoms with van der Waals surface area (Å²) in [6, 6.07) is 0. The van der Waals surface area contributed by atoms with Gasteiger partial charge in [0.1, 0.15) is 5.72 Å². The van der Waals surface area contributed by atoms with Gasteiger partial charge in [-0.15, -0.1) is 12.4 Å². The van der Waals surface area contributed by atoms with Gasteiger partial charge >= 0.3 is 0 Å². The van der Waals surface area contributed by atoms with Gasteiger partial charge in [0, 0.05) is 5.92 Å². The first kappa shape index (κ1) is 11.2. The molecule has 0 bridgehead atoms. The van der Waals surface area contributed by atoms with E-state index in [0.29, 0.717) is 5.92 Å². The second-order valence-corrected chi connectivity index (χ2v) is 3.56. The van der Waals surface area contributed by atoms with Crippen LogP contribution in [0.2, 0.25) is 0 Å². The van der Waals surface area contributed by atoms with Gasteiger partial charge < -0.3 is 10.8 Å². The van der Waals surface area contributed by atoms with Crippen LogP contribution in [0.4, 0.5) is 0 Å². The van der Waals surface area contributed by atoms with E-state index in [2.05, 4.69) is 0 Å². The van der Waals surface area contributed by atoms with Gasteiger partial charge in [-0.3, -0.25) is 0 Å². The Bertz CT molecular complexity index is 105. The van der Waals surface area contributed by atoms with Crippen molar-refractivity contribution in [3.8, 4) is 0 Å². The number of aliphatic hydroxyl groups is 1. The number of rotatable bonds is 1. The van der Waals surface area contributed by atoms with Crippen LogP contribution in [0, 0.1) is 5.92 Å². The van der Waals surface area contributed by atoms with Gasteiger partial charge in [0.25, 0.3) is 0 Å². The summed E-state index contributed by atoms with van der Waals surface area (Å²) < 4.78 is 0. The lowest BCUT2D eigenvalue weighted by atomic mass is 9.83. The van der Waals surface area contributed by atoms with Crippen LogP contribution in [0.3, 0.4) is 0 Å². The number of halogens is 1. The molecule has 0 aromatic rings. The number of hydrogen-bond acceptors (Lipinski definition) is 2. The fraction of sp³-hybridized carbons (Fsp3) is 1.00. The molecule has 11 heavy (non-hydrogen) atoms. The van der Waals surface area contributed by atoms with Crippen LogP contribution in [-0.2, 0) is 0 Å². The molecule has 0 heterocycles. The summed E-state index contributed by atoms with van der Waals surface area (Å²) in [6.07, 6.45) is 5.98. The Morgan fingerprint density at radius 2 is 1.73 bits per heavy atom. The molecular formula is C8H18ClNO. The van der Waals surface area contributed by atoms with Crippen molar-refractivity contribution in [1.29, 1.82) is 0 Å². The number of nitrogens with two attached hydrogens (primary N) is 1. The highest BCUT2D eigenvalue weighted by Gasteiger charge is 2.28. The Morgan fingerprint density at radius 3 is 2.00 bits per heavy atom. The molecule has 0 aromatic carbocycles. The third kappa shape index (κ3) is 3.41. The van der Waals surface area contributed by atoms with Crippen molar-refractivity contribution >= 4 is 12.4 Å². The molecule has 0 spiro atoms. The predicted octanol–water partition coefficient (Wildman–Crippen LogP) is 1.66. The van der Waals surface area contributed by atoms with Crippen molar-refractivity contribution < 1.29 is 5.11 Å². The lowest BCUT2D eigenvalue weighted by Crippen LogP contribution is -2.44. The summed E-state index contributed by atoms with van der Waals surface area (Å²) in [7, 11) is 0. The normalized spacial score (nSPS) is 25.4. The van der Waals surface area contributed by atoms with Crippen molar-refractivity contribution in [2.75, 3.05) is 0 Å². The van der Waals surface area contributed by atoms with E-state index < -0.39 is 5.72 Å². The molecule has 68 valence electrons. The van der Waals surface area contributed by atoms with Gasteiger partial charge in [-0.05, 0) is 19.8 Å². The fourth-order valence-corrected chi connectivity index (χ4v) is 1.69. The minimum absolute atomic E-state index is 0. The first-order chi connectivity index (χ1) is 4.61. The predicted molar refractivity (Wildman–Crippen MR) is 48.6 cm³/mol. The van der Waals surface area contributed by atoms with Crippen molar-refractivity contribution in [2.24, 2.45) is 11.7 Å². The second kappa shape index (κ2) is 4.29. The average molecular weight is 180 g/mol. The molecule has 1 rings (SSSR count). The lowest BCUT2D eigenvalue weighted by Gasteiger charge is -2.31. The van der Waals surface area contributed by atoms with Crippen molar-refractivity contribution in [3.05, 3.63) is 0 Å². The van der Waals surface area contributed by atoms with Gasteiger partial charge in [0.2, 0.25) is 0 Å². The highest BCUT2D eigenvalue weighted by molar-refractivity contribution is 5.85. The first-order valence-corrected chi connectivity index (χ1v) is 4.12. The van der Waals surface area contributed by atoms with Crippen LogP contribution in [-0.4, -0.2) is 10.8 Å². The zero-order valence-electron chi connectivity index (χ0n) is 7.05. The maximum absolute atomic E-state index is 9.42. The van der Waals surface area contributed by atoms with Crippen LogP contribution in [0.15, 0.2) is 0 Å². The largest absolute Gasteiger partial charge is 0.376 e. The van der Waals surface area contributed by atoms with Crippen LogP contribution in [0.5, 0.6) is 0 Å². The minimum atomic E-state index is -0.930. The van der Waals surface area contributed by atoms with Gasteiger partial charge in [-0.1, -0.05) is 19.3 Å². The zero-order chi connectivity index (χ0) is 7.61. The SMILES string of the molecule is CC(N)(O)C1CCCCC1.Cl. The van der Waals surface area contributed by atoms with Crippen molar-refractivity contribution in [3.63, 3.8) is 0 Å². The Morgan fingerprint density at radius 1 is 1.27 bits per heavy atom. The molecule has 2 nitrogen and oxygen atoms in total. The summed E-state index contributed by atoms with van der Waals surface area (Å²) in [5.41, 5.74) is 4.64. The van der Waals surface area contributed by atoms with E-state index in [1.807, 2.05) is 0 Å². The van der Waals surface area contributed by atoms with E-state index in [9.17, 15) is 5.11 Å². The third-order valence-corrected chi connectivity index (χ3v) is 2.43. The highest BCUT2D eigenvalue weighted by atomic mass is 35.5. The van der Waals surface area contributed by atoms with E-state index in [-0.39, 0.29) is 12.4 Å². The summed E-state index contributed by atoms with van der Waals surface area (Å²) in [5, 5.41) is 9.42. The molecule has 0 aromatic heterocycles. The van der Waals surface area contributed by atoms with Crippen LogP contribution >= 0.6 is 12.4 Å². The maximum atomic E-state index is 9.42. The highest BCUT2D eigenvalue weighted by Crippen LogP contribution is 2.29. The van der Waals surface area contributed by atoms with Crippen molar-refractivity contribution in [2.45, 2.75) is 44.8 Å². The van der Waals surface area contributed by atoms with Crippen LogP contribution < -0.4 is 5.73 Å². The maximum Gasteiger partial charge on any atom is 0.113 e. The van der Waals surface area contributed by atoms with E-state index in [1.165, 1.54) is 19.3 Å². The molecule has 0 radical (unpaired) electrons. The Hall–Kier alpha value is 0.210. The molecule has 0 aliphatic heterocycles. The van der Waals surface area contributed by atoms with Gasteiger partial charge in [-0.25, -0.2) is 0 Å². The molecule has 1 unspecified atom stereocenters. The molecular weight excluding hydrogens is 162 g/mol. The van der Waals surface area contributed by atoms with E-state index in [4.69, 9.17) is 5.73 Å². The topological polar surface area (TPSA) is 46.2 Å². The van der Waals surface area contributed by atoms with E-state index in [1.54, 1.807) is 6.92 Å². The standard InChI is InChI=1S/C8H17NO.ClH/c1-8(9,10)7-5-3-2-4-6-7;/h7,10H,2-6,9H2,1H3;1H. The van der Waals surface area contributed by atoms with E-state index in [0.717, 1.165) is 12.8 Å². The average Bonchev–Trinajstić information content (AvgIpc) is 1.88. The Kier molecular flexibility index (Phi) is 4.37. The number of hydrogen-bond donors (Lipinski definition) is 2. The van der Waals surface area contributed by atoms with Gasteiger partial charge in [-0.2, -0.15) is 0 Å². The summed E-state index contributed by atoms with van der Waals surface area (Å²) in [6.45, 7) is 1.71. The minimum Gasteiger partial charge on any atom is -0.376 e.